The molecule has 1 aromatic carbocycles. The van der Waals surface area contributed by atoms with Crippen LogP contribution < -0.4 is 15.4 Å². The van der Waals surface area contributed by atoms with Gasteiger partial charge in [0.1, 0.15) is 5.75 Å². The third-order valence-corrected chi connectivity index (χ3v) is 4.66. The molecule has 3 rings (SSSR count). The van der Waals surface area contributed by atoms with Gasteiger partial charge in [0.25, 0.3) is 0 Å². The van der Waals surface area contributed by atoms with Crippen molar-refractivity contribution >= 4 is 11.6 Å². The van der Waals surface area contributed by atoms with Crippen molar-refractivity contribution in [1.82, 2.24) is 4.90 Å². The monoisotopic (exact) mass is 289 g/mol. The van der Waals surface area contributed by atoms with E-state index in [1.54, 1.807) is 7.11 Å². The lowest BCUT2D eigenvalue weighted by atomic mass is 9.76. The smallest absolute Gasteiger partial charge is 0.242 e. The van der Waals surface area contributed by atoms with Gasteiger partial charge >= 0.3 is 0 Å². The molecule has 2 N–H and O–H groups in total. The molecule has 1 saturated heterocycles. The van der Waals surface area contributed by atoms with Gasteiger partial charge in [-0.05, 0) is 31.4 Å². The van der Waals surface area contributed by atoms with Crippen molar-refractivity contribution in [3.8, 4) is 5.75 Å². The largest absolute Gasteiger partial charge is 0.497 e. The molecule has 1 amide bonds. The quantitative estimate of drug-likeness (QED) is 0.909. The molecule has 1 aliphatic carbocycles. The Balaban J connectivity index is 1.61. The van der Waals surface area contributed by atoms with Gasteiger partial charge in [-0.15, -0.1) is 0 Å². The Morgan fingerprint density at radius 3 is 2.52 bits per heavy atom. The molecule has 0 spiro atoms. The van der Waals surface area contributed by atoms with E-state index in [-0.39, 0.29) is 5.91 Å². The maximum absolute atomic E-state index is 12.4. The summed E-state index contributed by atoms with van der Waals surface area (Å²) in [5.41, 5.74) is 6.71. The van der Waals surface area contributed by atoms with Crippen molar-refractivity contribution in [3.63, 3.8) is 0 Å². The molecule has 5 heteroatoms. The molecule has 5 nitrogen and oxygen atoms in total. The Morgan fingerprint density at radius 2 is 1.95 bits per heavy atom. The normalized spacial score (nSPS) is 20.9. The van der Waals surface area contributed by atoms with Crippen LogP contribution in [0.1, 0.15) is 19.3 Å². The second-order valence-electron chi connectivity index (χ2n) is 5.99. The molecular formula is C16H23N3O2. The van der Waals surface area contributed by atoms with Gasteiger partial charge in [0.15, 0.2) is 0 Å². The average Bonchev–Trinajstić information content (AvgIpc) is 2.52. The van der Waals surface area contributed by atoms with E-state index in [0.717, 1.165) is 56.9 Å². The van der Waals surface area contributed by atoms with Gasteiger partial charge < -0.3 is 20.3 Å². The fraction of sp³-hybridized carbons (Fsp3) is 0.562. The van der Waals surface area contributed by atoms with Gasteiger partial charge in [-0.3, -0.25) is 4.79 Å². The Morgan fingerprint density at radius 1 is 1.24 bits per heavy atom. The first-order valence-electron chi connectivity index (χ1n) is 7.60. The summed E-state index contributed by atoms with van der Waals surface area (Å²) >= 11 is 0. The van der Waals surface area contributed by atoms with Gasteiger partial charge in [0, 0.05) is 37.9 Å². The summed E-state index contributed by atoms with van der Waals surface area (Å²) in [6.07, 6.45) is 2.75. The highest BCUT2D eigenvalue weighted by Crippen LogP contribution is 2.31. The molecule has 2 aliphatic rings. The number of ether oxygens (including phenoxy) is 1. The van der Waals surface area contributed by atoms with Crippen molar-refractivity contribution in [3.05, 3.63) is 24.3 Å². The fourth-order valence-corrected chi connectivity index (χ4v) is 3.06. The summed E-state index contributed by atoms with van der Waals surface area (Å²) in [5.74, 6) is 1.00. The average molecular weight is 289 g/mol. The number of hydrogen-bond donors (Lipinski definition) is 1. The topological polar surface area (TPSA) is 58.8 Å². The highest BCUT2D eigenvalue weighted by molar-refractivity contribution is 5.87. The lowest BCUT2D eigenvalue weighted by Gasteiger charge is -2.43. The molecule has 0 radical (unpaired) electrons. The highest BCUT2D eigenvalue weighted by Gasteiger charge is 2.43. The zero-order chi connectivity index (χ0) is 14.9. The van der Waals surface area contributed by atoms with E-state index in [0.29, 0.717) is 0 Å². The van der Waals surface area contributed by atoms with Gasteiger partial charge in [-0.2, -0.15) is 0 Å². The summed E-state index contributed by atoms with van der Waals surface area (Å²) in [7, 11) is 1.68. The molecule has 21 heavy (non-hydrogen) atoms. The first kappa shape index (κ1) is 14.2. The number of carbonyl (C=O) groups is 1. The third-order valence-electron chi connectivity index (χ3n) is 4.66. The molecule has 1 aromatic rings. The van der Waals surface area contributed by atoms with E-state index in [1.807, 2.05) is 23.1 Å². The van der Waals surface area contributed by atoms with Gasteiger partial charge in [0.05, 0.1) is 12.6 Å². The number of nitrogens with two attached hydrogens (primary N) is 1. The highest BCUT2D eigenvalue weighted by atomic mass is 16.5. The second kappa shape index (κ2) is 5.56. The molecule has 1 aliphatic heterocycles. The van der Waals surface area contributed by atoms with Crippen LogP contribution >= 0.6 is 0 Å². The number of nitrogens with zero attached hydrogens (tertiary/aromatic N) is 2. The van der Waals surface area contributed by atoms with Gasteiger partial charge in [0.2, 0.25) is 5.91 Å². The number of carbonyl (C=O) groups excluding carboxylic acids is 1. The second-order valence-corrected chi connectivity index (χ2v) is 5.99. The zero-order valence-corrected chi connectivity index (χ0v) is 12.5. The van der Waals surface area contributed by atoms with Crippen LogP contribution in [-0.2, 0) is 4.79 Å². The predicted octanol–water partition coefficient (Wildman–Crippen LogP) is 1.23. The van der Waals surface area contributed by atoms with Crippen LogP contribution in [-0.4, -0.2) is 49.6 Å². The van der Waals surface area contributed by atoms with E-state index >= 15 is 0 Å². The van der Waals surface area contributed by atoms with Crippen LogP contribution in [0.4, 0.5) is 5.69 Å². The Kier molecular flexibility index (Phi) is 3.76. The van der Waals surface area contributed by atoms with Crippen LogP contribution in [0.25, 0.3) is 0 Å². The Labute approximate surface area is 125 Å². The van der Waals surface area contributed by atoms with Gasteiger partial charge in [-0.25, -0.2) is 0 Å². The predicted molar refractivity (Wildman–Crippen MR) is 82.6 cm³/mol. The molecular weight excluding hydrogens is 266 g/mol. The summed E-state index contributed by atoms with van der Waals surface area (Å²) < 4.78 is 5.26. The van der Waals surface area contributed by atoms with E-state index in [2.05, 4.69) is 11.0 Å². The number of methoxy groups -OCH3 is 1. The van der Waals surface area contributed by atoms with Crippen molar-refractivity contribution < 1.29 is 9.53 Å². The zero-order valence-electron chi connectivity index (χ0n) is 12.5. The summed E-state index contributed by atoms with van der Waals surface area (Å²) in [6, 6.07) is 8.05. The van der Waals surface area contributed by atoms with Crippen molar-refractivity contribution in [2.75, 3.05) is 38.2 Å². The van der Waals surface area contributed by atoms with Gasteiger partial charge in [-0.1, -0.05) is 6.07 Å². The minimum absolute atomic E-state index is 0.138. The molecule has 0 atom stereocenters. The SMILES string of the molecule is COc1cccc(N2CCN(C(=O)C3(N)CCC3)CC2)c1. The van der Waals surface area contributed by atoms with E-state index in [1.165, 1.54) is 0 Å². The molecule has 2 fully saturated rings. The number of amides is 1. The van der Waals surface area contributed by atoms with E-state index < -0.39 is 5.54 Å². The Bertz CT molecular complexity index is 520. The maximum Gasteiger partial charge on any atom is 0.242 e. The minimum atomic E-state index is -0.571. The standard InChI is InChI=1S/C16H23N3O2/c1-21-14-5-2-4-13(12-14)18-8-10-19(11-9-18)15(20)16(17)6-3-7-16/h2,4-5,12H,3,6-11,17H2,1H3. The lowest BCUT2D eigenvalue weighted by Crippen LogP contribution is -2.62. The lowest BCUT2D eigenvalue weighted by molar-refractivity contribution is -0.140. The Hall–Kier alpha value is -1.75. The molecule has 1 heterocycles. The van der Waals surface area contributed by atoms with Crippen LogP contribution in [0.3, 0.4) is 0 Å². The fourth-order valence-electron chi connectivity index (χ4n) is 3.06. The third kappa shape index (κ3) is 2.70. The summed E-state index contributed by atoms with van der Waals surface area (Å²) in [6.45, 7) is 3.17. The number of benzene rings is 1. The first-order chi connectivity index (χ1) is 10.1. The van der Waals surface area contributed by atoms with Crippen LogP contribution in [0.5, 0.6) is 5.75 Å². The van der Waals surface area contributed by atoms with E-state index in [9.17, 15) is 4.79 Å². The first-order valence-corrected chi connectivity index (χ1v) is 7.60. The maximum atomic E-state index is 12.4. The van der Waals surface area contributed by atoms with E-state index in [4.69, 9.17) is 10.5 Å². The van der Waals surface area contributed by atoms with Crippen molar-refractivity contribution in [1.29, 1.82) is 0 Å². The summed E-state index contributed by atoms with van der Waals surface area (Å²) in [4.78, 5) is 16.6. The number of rotatable bonds is 3. The van der Waals surface area contributed by atoms with Crippen LogP contribution in [0.2, 0.25) is 0 Å². The number of piperazine rings is 1. The van der Waals surface area contributed by atoms with Crippen LogP contribution in [0.15, 0.2) is 24.3 Å². The molecule has 0 bridgehead atoms. The number of hydrogen-bond acceptors (Lipinski definition) is 4. The minimum Gasteiger partial charge on any atom is -0.497 e. The number of anilines is 1. The molecule has 114 valence electrons. The molecule has 1 saturated carbocycles. The molecule has 0 unspecified atom stereocenters. The van der Waals surface area contributed by atoms with Crippen molar-refractivity contribution in [2.24, 2.45) is 5.73 Å². The summed E-state index contributed by atoms with van der Waals surface area (Å²) in [5, 5.41) is 0. The van der Waals surface area contributed by atoms with Crippen LogP contribution in [0, 0.1) is 0 Å². The molecule has 0 aromatic heterocycles. The van der Waals surface area contributed by atoms with Crippen molar-refractivity contribution in [2.45, 2.75) is 24.8 Å².